The number of likely N-dealkylation sites (N-methyl/N-ethyl adjacent to an activating group) is 1. The summed E-state index contributed by atoms with van der Waals surface area (Å²) in [6.07, 6.45) is 7.93. The van der Waals surface area contributed by atoms with Crippen LogP contribution in [0.25, 0.3) is 6.08 Å². The van der Waals surface area contributed by atoms with Crippen molar-refractivity contribution in [3.05, 3.63) is 31.9 Å². The van der Waals surface area contributed by atoms with Crippen molar-refractivity contribution in [1.29, 1.82) is 5.26 Å². The highest BCUT2D eigenvalue weighted by atomic mass is 32.2. The molecule has 0 aromatic carbocycles. The predicted molar refractivity (Wildman–Crippen MR) is 147 cm³/mol. The maximum Gasteiger partial charge on any atom is 0.270 e. The summed E-state index contributed by atoms with van der Waals surface area (Å²) in [7, 11) is 0. The Morgan fingerprint density at radius 3 is 2.43 bits per heavy atom. The number of anilines is 1. The lowest BCUT2D eigenvalue weighted by Crippen LogP contribution is -2.48. The zero-order chi connectivity index (χ0) is 25.1. The van der Waals surface area contributed by atoms with Crippen LogP contribution in [0.5, 0.6) is 0 Å². The van der Waals surface area contributed by atoms with Crippen molar-refractivity contribution in [1.82, 2.24) is 14.4 Å². The number of carbonyl (C=O) groups excluding carboxylic acids is 1. The van der Waals surface area contributed by atoms with Gasteiger partial charge in [-0.15, -0.1) is 0 Å². The van der Waals surface area contributed by atoms with E-state index in [1.807, 2.05) is 13.0 Å². The number of nitrogens with zero attached hydrogens (tertiary/aromatic N) is 5. The molecule has 2 aliphatic heterocycles. The van der Waals surface area contributed by atoms with E-state index >= 15 is 0 Å². The first-order chi connectivity index (χ1) is 16.9. The molecule has 9 heteroatoms. The van der Waals surface area contributed by atoms with Gasteiger partial charge in [0.25, 0.3) is 11.5 Å². The molecule has 1 amide bonds. The Labute approximate surface area is 217 Å². The topological polar surface area (TPSA) is 72.6 Å². The maximum atomic E-state index is 13.5. The highest BCUT2D eigenvalue weighted by Crippen LogP contribution is 2.39. The predicted octanol–water partition coefficient (Wildman–Crippen LogP) is 4.11. The van der Waals surface area contributed by atoms with E-state index in [1.165, 1.54) is 11.8 Å². The van der Waals surface area contributed by atoms with Gasteiger partial charge in [0.05, 0.1) is 4.91 Å². The highest BCUT2D eigenvalue weighted by Gasteiger charge is 2.38. The molecule has 188 valence electrons. The number of thiocarbonyl (C=S) groups is 1. The lowest BCUT2D eigenvalue weighted by Gasteiger charge is -2.37. The third-order valence-corrected chi connectivity index (χ3v) is 8.82. The molecular weight excluding hydrogens is 478 g/mol. The second-order valence-corrected chi connectivity index (χ2v) is 11.2. The lowest BCUT2D eigenvalue weighted by atomic mass is 10.0. The van der Waals surface area contributed by atoms with Crippen LogP contribution in [0.2, 0.25) is 0 Å². The van der Waals surface area contributed by atoms with E-state index < -0.39 is 0 Å². The van der Waals surface area contributed by atoms with Gasteiger partial charge < -0.3 is 9.80 Å². The summed E-state index contributed by atoms with van der Waals surface area (Å²) >= 11 is 6.97. The Balaban J connectivity index is 1.83. The summed E-state index contributed by atoms with van der Waals surface area (Å²) in [5.41, 5.74) is 1.37. The fourth-order valence-electron chi connectivity index (χ4n) is 5.37. The quantitative estimate of drug-likeness (QED) is 0.401. The van der Waals surface area contributed by atoms with E-state index in [1.54, 1.807) is 9.47 Å². The second-order valence-electron chi connectivity index (χ2n) is 9.57. The summed E-state index contributed by atoms with van der Waals surface area (Å²) in [4.78, 5) is 33.9. The minimum atomic E-state index is -0.234. The molecule has 0 bridgehead atoms. The molecule has 3 aliphatic rings. The smallest absolute Gasteiger partial charge is 0.270 e. The molecule has 4 rings (SSSR count). The number of hydrogen-bond donors (Lipinski definition) is 0. The number of rotatable bonds is 7. The number of pyridine rings is 1. The van der Waals surface area contributed by atoms with E-state index in [4.69, 9.17) is 12.2 Å². The summed E-state index contributed by atoms with van der Waals surface area (Å²) < 4.78 is 2.39. The van der Waals surface area contributed by atoms with Crippen molar-refractivity contribution in [3.8, 4) is 6.07 Å². The molecule has 3 fully saturated rings. The molecule has 0 N–H and O–H groups in total. The standard InChI is InChI=1S/C26H35N5O2S2/c1-4-6-11-30-23(29-14-12-28(5-2)13-15-29)20(18(3)21(17-27)24(30)32)16-22-25(33)31(26(34)35-22)19-9-7-8-10-19/h16,19H,4-15H2,1-3H3. The number of nitriles is 1. The first-order valence-electron chi connectivity index (χ1n) is 12.8. The molecule has 0 radical (unpaired) electrons. The van der Waals surface area contributed by atoms with Crippen molar-refractivity contribution in [2.24, 2.45) is 0 Å². The molecule has 1 saturated carbocycles. The van der Waals surface area contributed by atoms with Crippen LogP contribution in [0.3, 0.4) is 0 Å². The van der Waals surface area contributed by atoms with Crippen molar-refractivity contribution in [2.75, 3.05) is 37.6 Å². The Bertz CT molecular complexity index is 1120. The van der Waals surface area contributed by atoms with Crippen LogP contribution in [-0.2, 0) is 11.3 Å². The number of hydrogen-bond acceptors (Lipinski definition) is 7. The van der Waals surface area contributed by atoms with Crippen LogP contribution in [-0.4, -0.2) is 63.4 Å². The van der Waals surface area contributed by atoms with Crippen LogP contribution in [0.15, 0.2) is 9.70 Å². The minimum absolute atomic E-state index is 0.0436. The molecule has 3 heterocycles. The number of carbonyl (C=O) groups is 1. The lowest BCUT2D eigenvalue weighted by molar-refractivity contribution is -0.123. The average molecular weight is 514 g/mol. The monoisotopic (exact) mass is 513 g/mol. The Hall–Kier alpha value is -2.15. The van der Waals surface area contributed by atoms with Crippen molar-refractivity contribution in [3.63, 3.8) is 0 Å². The van der Waals surface area contributed by atoms with Gasteiger partial charge in [-0.2, -0.15) is 5.26 Å². The van der Waals surface area contributed by atoms with Crippen LogP contribution < -0.4 is 10.5 Å². The highest BCUT2D eigenvalue weighted by molar-refractivity contribution is 8.26. The van der Waals surface area contributed by atoms with E-state index in [-0.39, 0.29) is 23.1 Å². The van der Waals surface area contributed by atoms with Crippen LogP contribution >= 0.6 is 24.0 Å². The molecular formula is C26H35N5O2S2. The Morgan fingerprint density at radius 2 is 1.83 bits per heavy atom. The first kappa shape index (κ1) is 25.9. The molecule has 0 atom stereocenters. The third-order valence-electron chi connectivity index (χ3n) is 7.49. The fourth-order valence-corrected chi connectivity index (χ4v) is 6.75. The van der Waals surface area contributed by atoms with E-state index in [9.17, 15) is 14.9 Å². The SMILES string of the molecule is CCCCn1c(N2CCN(CC)CC2)c(C=C2SC(=S)N(C3CCCC3)C2=O)c(C)c(C#N)c1=O. The van der Waals surface area contributed by atoms with E-state index in [0.717, 1.165) is 82.6 Å². The number of unbranched alkanes of at least 4 members (excludes halogenated alkanes) is 1. The summed E-state index contributed by atoms with van der Waals surface area (Å²) in [5.74, 6) is 0.791. The summed E-state index contributed by atoms with van der Waals surface area (Å²) in [5, 5.41) is 9.88. The third kappa shape index (κ3) is 5.07. The molecule has 7 nitrogen and oxygen atoms in total. The zero-order valence-corrected chi connectivity index (χ0v) is 22.6. The van der Waals surface area contributed by atoms with Gasteiger partial charge >= 0.3 is 0 Å². The normalized spacial score (nSPS) is 20.9. The summed E-state index contributed by atoms with van der Waals surface area (Å²) in [6, 6.07) is 2.33. The van der Waals surface area contributed by atoms with Crippen LogP contribution in [0.1, 0.15) is 69.1 Å². The van der Waals surface area contributed by atoms with Gasteiger partial charge in [0, 0.05) is 44.3 Å². The van der Waals surface area contributed by atoms with Gasteiger partial charge in [0.1, 0.15) is 21.8 Å². The second kappa shape index (κ2) is 11.3. The van der Waals surface area contributed by atoms with Gasteiger partial charge in [-0.05, 0) is 44.4 Å². The average Bonchev–Trinajstić information content (AvgIpc) is 3.48. The fraction of sp³-hybridized carbons (Fsp3) is 0.615. The van der Waals surface area contributed by atoms with Crippen molar-refractivity contribution in [2.45, 2.75) is 71.9 Å². The molecule has 0 spiro atoms. The van der Waals surface area contributed by atoms with E-state index in [2.05, 4.69) is 29.7 Å². The summed E-state index contributed by atoms with van der Waals surface area (Å²) in [6.45, 7) is 11.1. The van der Waals surface area contributed by atoms with Gasteiger partial charge in [0.15, 0.2) is 0 Å². The molecule has 1 aliphatic carbocycles. The van der Waals surface area contributed by atoms with Gasteiger partial charge in [-0.3, -0.25) is 19.1 Å². The first-order valence-corrected chi connectivity index (χ1v) is 14.1. The van der Waals surface area contributed by atoms with Gasteiger partial charge in [-0.25, -0.2) is 0 Å². The zero-order valence-electron chi connectivity index (χ0n) is 21.0. The Morgan fingerprint density at radius 1 is 1.14 bits per heavy atom. The molecule has 1 aromatic rings. The van der Waals surface area contributed by atoms with Crippen LogP contribution in [0, 0.1) is 18.3 Å². The number of piperazine rings is 1. The number of aromatic nitrogens is 1. The van der Waals surface area contributed by atoms with Crippen LogP contribution in [0.4, 0.5) is 5.82 Å². The van der Waals surface area contributed by atoms with Gasteiger partial charge in [0.2, 0.25) is 0 Å². The van der Waals surface area contributed by atoms with Crippen molar-refractivity contribution < 1.29 is 4.79 Å². The molecule has 2 saturated heterocycles. The number of thioether (sulfide) groups is 1. The Kier molecular flexibility index (Phi) is 8.35. The minimum Gasteiger partial charge on any atom is -0.355 e. The van der Waals surface area contributed by atoms with Gasteiger partial charge in [-0.1, -0.05) is 57.1 Å². The largest absolute Gasteiger partial charge is 0.355 e. The number of amides is 1. The molecule has 35 heavy (non-hydrogen) atoms. The molecule has 0 unspecified atom stereocenters. The van der Waals surface area contributed by atoms with E-state index in [0.29, 0.717) is 21.3 Å². The maximum absolute atomic E-state index is 13.5. The van der Waals surface area contributed by atoms with Crippen molar-refractivity contribution >= 4 is 46.1 Å². The molecule has 1 aromatic heterocycles.